The van der Waals surface area contributed by atoms with E-state index in [0.717, 1.165) is 37.2 Å². The van der Waals surface area contributed by atoms with Crippen molar-refractivity contribution in [2.75, 3.05) is 25.0 Å². The molecule has 0 aliphatic heterocycles. The van der Waals surface area contributed by atoms with Gasteiger partial charge in [0.25, 0.3) is 5.91 Å². The van der Waals surface area contributed by atoms with Gasteiger partial charge in [0.2, 0.25) is 0 Å². The van der Waals surface area contributed by atoms with Gasteiger partial charge >= 0.3 is 0 Å². The summed E-state index contributed by atoms with van der Waals surface area (Å²) in [4.78, 5) is 14.1. The Labute approximate surface area is 117 Å². The lowest BCUT2D eigenvalue weighted by atomic mass is 10.1. The third-order valence-corrected chi connectivity index (χ3v) is 3.20. The summed E-state index contributed by atoms with van der Waals surface area (Å²) >= 11 is 0. The Kier molecular flexibility index (Phi) is 7.01. The summed E-state index contributed by atoms with van der Waals surface area (Å²) in [6, 6.07) is 7.82. The molecule has 3 nitrogen and oxygen atoms in total. The number of unbranched alkanes of at least 4 members (excludes halogenated alkanes) is 2. The maximum atomic E-state index is 11.9. The lowest BCUT2D eigenvalue weighted by molar-refractivity contribution is 0.0953. The van der Waals surface area contributed by atoms with Gasteiger partial charge in [0.1, 0.15) is 0 Å². The predicted octanol–water partition coefficient (Wildman–Crippen LogP) is 3.45. The van der Waals surface area contributed by atoms with Crippen LogP contribution in [0.15, 0.2) is 24.3 Å². The molecule has 1 rings (SSSR count). The molecule has 0 aliphatic rings. The van der Waals surface area contributed by atoms with E-state index < -0.39 is 0 Å². The molecule has 0 atom stereocenters. The number of carbonyl (C=O) groups excluding carboxylic acids is 1. The number of hydrogen-bond acceptors (Lipinski definition) is 2. The van der Waals surface area contributed by atoms with Crippen LogP contribution < -0.4 is 10.2 Å². The molecule has 0 fully saturated rings. The topological polar surface area (TPSA) is 32.3 Å². The first-order valence-corrected chi connectivity index (χ1v) is 7.28. The van der Waals surface area contributed by atoms with Crippen LogP contribution in [0.1, 0.15) is 49.9 Å². The van der Waals surface area contributed by atoms with Crippen molar-refractivity contribution in [2.24, 2.45) is 0 Å². The summed E-state index contributed by atoms with van der Waals surface area (Å²) in [6.07, 6.45) is 4.52. The lowest BCUT2D eigenvalue weighted by Crippen LogP contribution is -2.24. The van der Waals surface area contributed by atoms with Gasteiger partial charge in [-0.2, -0.15) is 0 Å². The van der Waals surface area contributed by atoms with E-state index >= 15 is 0 Å². The van der Waals surface area contributed by atoms with Gasteiger partial charge in [-0.25, -0.2) is 0 Å². The molecule has 0 heterocycles. The molecule has 0 radical (unpaired) electrons. The van der Waals surface area contributed by atoms with Crippen LogP contribution >= 0.6 is 0 Å². The van der Waals surface area contributed by atoms with E-state index in [0.29, 0.717) is 0 Å². The van der Waals surface area contributed by atoms with Gasteiger partial charge in [-0.15, -0.1) is 0 Å². The van der Waals surface area contributed by atoms with Crippen LogP contribution in [0.2, 0.25) is 0 Å². The van der Waals surface area contributed by atoms with Crippen LogP contribution in [0.3, 0.4) is 0 Å². The quantitative estimate of drug-likeness (QED) is 0.728. The van der Waals surface area contributed by atoms with Crippen LogP contribution in [0.25, 0.3) is 0 Å². The number of rotatable bonds is 8. The second-order valence-electron chi connectivity index (χ2n) is 4.93. The van der Waals surface area contributed by atoms with Crippen LogP contribution in [-0.2, 0) is 0 Å². The highest BCUT2D eigenvalue weighted by Gasteiger charge is 2.05. The van der Waals surface area contributed by atoms with Crippen LogP contribution in [-0.4, -0.2) is 26.0 Å². The molecule has 106 valence electrons. The van der Waals surface area contributed by atoms with Crippen molar-refractivity contribution in [1.82, 2.24) is 5.32 Å². The molecule has 0 aliphatic carbocycles. The van der Waals surface area contributed by atoms with Gasteiger partial charge < -0.3 is 10.2 Å². The van der Waals surface area contributed by atoms with Crippen molar-refractivity contribution in [1.29, 1.82) is 0 Å². The summed E-state index contributed by atoms with van der Waals surface area (Å²) in [7, 11) is 2.07. The smallest absolute Gasteiger partial charge is 0.251 e. The number of hydrogen-bond donors (Lipinski definition) is 1. The van der Waals surface area contributed by atoms with Crippen molar-refractivity contribution in [2.45, 2.75) is 39.5 Å². The number of benzene rings is 1. The van der Waals surface area contributed by atoms with Gasteiger partial charge in [0.05, 0.1) is 0 Å². The standard InChI is InChI=1S/C16H26N2O/c1-4-6-7-12-17-16(19)14-8-10-15(11-9-14)18(3)13-5-2/h8-11H,4-7,12-13H2,1-3H3,(H,17,19). The summed E-state index contributed by atoms with van der Waals surface area (Å²) in [6.45, 7) is 6.12. The lowest BCUT2D eigenvalue weighted by Gasteiger charge is -2.18. The SMILES string of the molecule is CCCCCNC(=O)c1ccc(N(C)CCC)cc1. The molecule has 0 unspecified atom stereocenters. The van der Waals surface area contributed by atoms with E-state index in [2.05, 4.69) is 31.1 Å². The number of nitrogens with zero attached hydrogens (tertiary/aromatic N) is 1. The summed E-state index contributed by atoms with van der Waals surface area (Å²) in [5.41, 5.74) is 1.90. The van der Waals surface area contributed by atoms with Crippen molar-refractivity contribution >= 4 is 11.6 Å². The molecule has 0 spiro atoms. The van der Waals surface area contributed by atoms with Crippen molar-refractivity contribution in [3.8, 4) is 0 Å². The average Bonchev–Trinajstić information content (AvgIpc) is 2.44. The zero-order valence-corrected chi connectivity index (χ0v) is 12.4. The maximum Gasteiger partial charge on any atom is 0.251 e. The molecule has 19 heavy (non-hydrogen) atoms. The van der Waals surface area contributed by atoms with Crippen molar-refractivity contribution in [3.63, 3.8) is 0 Å². The van der Waals surface area contributed by atoms with Crippen LogP contribution in [0.4, 0.5) is 5.69 Å². The van der Waals surface area contributed by atoms with E-state index in [1.165, 1.54) is 12.8 Å². The van der Waals surface area contributed by atoms with Crippen LogP contribution in [0, 0.1) is 0 Å². The number of amides is 1. The van der Waals surface area contributed by atoms with Crippen molar-refractivity contribution < 1.29 is 4.79 Å². The first-order chi connectivity index (χ1) is 9.19. The van der Waals surface area contributed by atoms with E-state index in [4.69, 9.17) is 0 Å². The number of nitrogens with one attached hydrogen (secondary N) is 1. The molecule has 3 heteroatoms. The molecule has 0 saturated heterocycles. The van der Waals surface area contributed by atoms with E-state index in [9.17, 15) is 4.79 Å². The molecule has 0 saturated carbocycles. The monoisotopic (exact) mass is 262 g/mol. The maximum absolute atomic E-state index is 11.9. The molecular weight excluding hydrogens is 236 g/mol. The summed E-state index contributed by atoms with van der Waals surface area (Å²) in [5, 5.41) is 2.96. The highest BCUT2D eigenvalue weighted by molar-refractivity contribution is 5.94. The Hall–Kier alpha value is -1.51. The molecule has 1 amide bonds. The fraction of sp³-hybridized carbons (Fsp3) is 0.562. The third-order valence-electron chi connectivity index (χ3n) is 3.20. The highest BCUT2D eigenvalue weighted by atomic mass is 16.1. The van der Waals surface area contributed by atoms with E-state index in [1.807, 2.05) is 24.3 Å². The van der Waals surface area contributed by atoms with Gasteiger partial charge in [-0.05, 0) is 37.1 Å². The number of carbonyl (C=O) groups is 1. The van der Waals surface area contributed by atoms with Gasteiger partial charge in [-0.3, -0.25) is 4.79 Å². The highest BCUT2D eigenvalue weighted by Crippen LogP contribution is 2.14. The summed E-state index contributed by atoms with van der Waals surface area (Å²) in [5.74, 6) is 0.0285. The van der Waals surface area contributed by atoms with Crippen LogP contribution in [0.5, 0.6) is 0 Å². The molecule has 1 aromatic rings. The minimum atomic E-state index is 0.0285. The Morgan fingerprint density at radius 1 is 1.11 bits per heavy atom. The second-order valence-corrected chi connectivity index (χ2v) is 4.93. The number of anilines is 1. The molecule has 0 bridgehead atoms. The van der Waals surface area contributed by atoms with Gasteiger partial charge in [-0.1, -0.05) is 26.7 Å². The average molecular weight is 262 g/mol. The Morgan fingerprint density at radius 3 is 2.37 bits per heavy atom. The fourth-order valence-corrected chi connectivity index (χ4v) is 2.01. The third kappa shape index (κ3) is 5.33. The first kappa shape index (κ1) is 15.5. The fourth-order valence-electron chi connectivity index (χ4n) is 2.01. The van der Waals surface area contributed by atoms with Gasteiger partial charge in [0.15, 0.2) is 0 Å². The normalized spacial score (nSPS) is 10.3. The predicted molar refractivity (Wildman–Crippen MR) is 81.9 cm³/mol. The largest absolute Gasteiger partial charge is 0.375 e. The zero-order valence-electron chi connectivity index (χ0n) is 12.4. The minimum Gasteiger partial charge on any atom is -0.375 e. The molecule has 1 N–H and O–H groups in total. The minimum absolute atomic E-state index is 0.0285. The Morgan fingerprint density at radius 2 is 1.79 bits per heavy atom. The van der Waals surface area contributed by atoms with Crippen molar-refractivity contribution in [3.05, 3.63) is 29.8 Å². The second kappa shape index (κ2) is 8.57. The Bertz CT molecular complexity index is 373. The Balaban J connectivity index is 2.48. The molecular formula is C16H26N2O. The first-order valence-electron chi connectivity index (χ1n) is 7.28. The van der Waals surface area contributed by atoms with E-state index in [-0.39, 0.29) is 5.91 Å². The molecule has 0 aromatic heterocycles. The molecule has 1 aromatic carbocycles. The van der Waals surface area contributed by atoms with Gasteiger partial charge in [0, 0.05) is 31.4 Å². The summed E-state index contributed by atoms with van der Waals surface area (Å²) < 4.78 is 0. The van der Waals surface area contributed by atoms with E-state index in [1.54, 1.807) is 0 Å². The zero-order chi connectivity index (χ0) is 14.1.